The standard InChI is InChI=1S/C2H3FO3S/c3-2(4)1-7(5)6/h1H2,(H,5,6). The highest BCUT2D eigenvalue weighted by Gasteiger charge is 2.00. The highest BCUT2D eigenvalue weighted by atomic mass is 32.2. The average molecular weight is 126 g/mol. The minimum atomic E-state index is -2.32. The molecule has 0 aromatic heterocycles. The molecule has 0 aliphatic rings. The van der Waals surface area contributed by atoms with Gasteiger partial charge < -0.3 is 4.55 Å². The molecule has 0 radical (unpaired) electrons. The molecule has 5 heteroatoms. The van der Waals surface area contributed by atoms with Crippen molar-refractivity contribution in [2.24, 2.45) is 0 Å². The SMILES string of the molecule is O=C(F)CS(=O)O. The molecule has 3 nitrogen and oxygen atoms in total. The summed E-state index contributed by atoms with van der Waals surface area (Å²) < 4.78 is 28.2. The van der Waals surface area contributed by atoms with Crippen molar-refractivity contribution in [3.8, 4) is 0 Å². The normalized spacial score (nSPS) is 13.4. The zero-order valence-electron chi connectivity index (χ0n) is 3.26. The Morgan fingerprint density at radius 3 is 2.29 bits per heavy atom. The maximum absolute atomic E-state index is 11.0. The van der Waals surface area contributed by atoms with Crippen LogP contribution in [0, 0.1) is 0 Å². The minimum absolute atomic E-state index is 0.917. The fourth-order valence-electron chi connectivity index (χ4n) is 0.0971. The Hall–Kier alpha value is -0.290. The van der Waals surface area contributed by atoms with E-state index in [4.69, 9.17) is 4.55 Å². The summed E-state index contributed by atoms with van der Waals surface area (Å²) >= 11 is -2.32. The number of carbonyl (C=O) groups is 1. The third-order valence-electron chi connectivity index (χ3n) is 0.237. The van der Waals surface area contributed by atoms with Gasteiger partial charge in [0, 0.05) is 0 Å². The molecule has 0 saturated heterocycles. The van der Waals surface area contributed by atoms with Gasteiger partial charge in [0.2, 0.25) is 0 Å². The third kappa shape index (κ3) is 5.71. The van der Waals surface area contributed by atoms with E-state index < -0.39 is 22.9 Å². The van der Waals surface area contributed by atoms with Gasteiger partial charge in [0.25, 0.3) is 0 Å². The van der Waals surface area contributed by atoms with Gasteiger partial charge in [-0.25, -0.2) is 4.21 Å². The molecule has 0 aliphatic heterocycles. The smallest absolute Gasteiger partial charge is 0.306 e. The zero-order valence-corrected chi connectivity index (χ0v) is 4.07. The van der Waals surface area contributed by atoms with E-state index in [1.807, 2.05) is 0 Å². The Labute approximate surface area is 41.8 Å². The van der Waals surface area contributed by atoms with Crippen molar-refractivity contribution in [2.45, 2.75) is 0 Å². The Morgan fingerprint density at radius 2 is 2.29 bits per heavy atom. The van der Waals surface area contributed by atoms with E-state index in [1.165, 1.54) is 0 Å². The first-order valence-corrected chi connectivity index (χ1v) is 2.66. The molecular formula is C2H3FO3S. The minimum Gasteiger partial charge on any atom is -0.306 e. The van der Waals surface area contributed by atoms with E-state index in [0.29, 0.717) is 0 Å². The van der Waals surface area contributed by atoms with Crippen LogP contribution in [0.3, 0.4) is 0 Å². The fourth-order valence-corrected chi connectivity index (χ4v) is 0.291. The van der Waals surface area contributed by atoms with E-state index in [9.17, 15) is 13.4 Å². The van der Waals surface area contributed by atoms with Crippen molar-refractivity contribution in [1.82, 2.24) is 0 Å². The Balaban J connectivity index is 3.32. The van der Waals surface area contributed by atoms with Gasteiger partial charge in [-0.1, -0.05) is 0 Å². The topological polar surface area (TPSA) is 54.4 Å². The summed E-state index contributed by atoms with van der Waals surface area (Å²) in [6.45, 7) is 0. The maximum atomic E-state index is 11.0. The number of hydrogen-bond donors (Lipinski definition) is 1. The fraction of sp³-hybridized carbons (Fsp3) is 0.500. The van der Waals surface area contributed by atoms with Crippen LogP contribution >= 0.6 is 0 Å². The molecule has 1 N–H and O–H groups in total. The summed E-state index contributed by atoms with van der Waals surface area (Å²) in [6, 6.07) is -1.76. The van der Waals surface area contributed by atoms with Gasteiger partial charge in [-0.3, -0.25) is 4.79 Å². The van der Waals surface area contributed by atoms with Gasteiger partial charge in [-0.15, -0.1) is 0 Å². The highest BCUT2D eigenvalue weighted by molar-refractivity contribution is 7.79. The van der Waals surface area contributed by atoms with Crippen LogP contribution in [0.2, 0.25) is 0 Å². The number of carbonyl (C=O) groups excluding carboxylic acids is 1. The summed E-state index contributed by atoms with van der Waals surface area (Å²) in [7, 11) is 0. The highest BCUT2D eigenvalue weighted by Crippen LogP contribution is 1.76. The lowest BCUT2D eigenvalue weighted by atomic mass is 10.9. The van der Waals surface area contributed by atoms with Crippen molar-refractivity contribution in [2.75, 3.05) is 5.75 Å². The number of hydrogen-bond acceptors (Lipinski definition) is 2. The Morgan fingerprint density at radius 1 is 1.86 bits per heavy atom. The lowest BCUT2D eigenvalue weighted by Gasteiger charge is -1.78. The van der Waals surface area contributed by atoms with Crippen LogP contribution in [0.5, 0.6) is 0 Å². The first-order chi connectivity index (χ1) is 3.13. The van der Waals surface area contributed by atoms with Crippen LogP contribution in [-0.4, -0.2) is 20.6 Å². The molecule has 0 saturated carbocycles. The predicted molar refractivity (Wildman–Crippen MR) is 21.8 cm³/mol. The lowest BCUT2D eigenvalue weighted by Crippen LogP contribution is -2.02. The first-order valence-electron chi connectivity index (χ1n) is 1.38. The molecule has 1 unspecified atom stereocenters. The van der Waals surface area contributed by atoms with Gasteiger partial charge in [0.15, 0.2) is 11.1 Å². The van der Waals surface area contributed by atoms with Gasteiger partial charge >= 0.3 is 6.04 Å². The largest absolute Gasteiger partial charge is 0.316 e. The van der Waals surface area contributed by atoms with Crippen molar-refractivity contribution in [3.63, 3.8) is 0 Å². The first kappa shape index (κ1) is 6.71. The van der Waals surface area contributed by atoms with Gasteiger partial charge in [-0.05, 0) is 0 Å². The second-order valence-electron chi connectivity index (χ2n) is 0.821. The summed E-state index contributed by atoms with van der Waals surface area (Å²) in [5.41, 5.74) is 0. The summed E-state index contributed by atoms with van der Waals surface area (Å²) in [4.78, 5) is 9.23. The molecular weight excluding hydrogens is 123 g/mol. The maximum Gasteiger partial charge on any atom is 0.316 e. The average Bonchev–Trinajstić information content (AvgIpc) is 1.27. The van der Waals surface area contributed by atoms with Crippen molar-refractivity contribution >= 4 is 17.1 Å². The molecule has 0 aromatic rings. The lowest BCUT2D eigenvalue weighted by molar-refractivity contribution is -0.126. The van der Waals surface area contributed by atoms with Crippen LogP contribution in [-0.2, 0) is 15.9 Å². The molecule has 1 atom stereocenters. The molecule has 0 spiro atoms. The quantitative estimate of drug-likeness (QED) is 0.408. The van der Waals surface area contributed by atoms with Crippen LogP contribution < -0.4 is 0 Å². The second-order valence-corrected chi connectivity index (χ2v) is 1.75. The molecule has 42 valence electrons. The predicted octanol–water partition coefficient (Wildman–Crippen LogP) is -0.296. The molecule has 0 rings (SSSR count). The van der Waals surface area contributed by atoms with E-state index in [2.05, 4.69) is 0 Å². The molecule has 0 aromatic carbocycles. The number of halogens is 1. The molecule has 0 amide bonds. The van der Waals surface area contributed by atoms with Gasteiger partial charge in [-0.2, -0.15) is 4.39 Å². The molecule has 7 heavy (non-hydrogen) atoms. The van der Waals surface area contributed by atoms with Crippen molar-refractivity contribution < 1.29 is 17.9 Å². The van der Waals surface area contributed by atoms with Crippen molar-refractivity contribution in [3.05, 3.63) is 0 Å². The number of rotatable bonds is 2. The summed E-state index contributed by atoms with van der Waals surface area (Å²) in [5.74, 6) is -0.917. The van der Waals surface area contributed by atoms with Crippen LogP contribution in [0.25, 0.3) is 0 Å². The molecule has 0 heterocycles. The summed E-state index contributed by atoms with van der Waals surface area (Å²) in [6.07, 6.45) is 0. The monoisotopic (exact) mass is 126 g/mol. The van der Waals surface area contributed by atoms with E-state index in [-0.39, 0.29) is 0 Å². The van der Waals surface area contributed by atoms with Gasteiger partial charge in [0.05, 0.1) is 0 Å². The van der Waals surface area contributed by atoms with E-state index >= 15 is 0 Å². The van der Waals surface area contributed by atoms with Crippen LogP contribution in [0.1, 0.15) is 0 Å². The second kappa shape index (κ2) is 2.81. The molecule has 0 aliphatic carbocycles. The molecule has 0 fully saturated rings. The molecule has 0 bridgehead atoms. The van der Waals surface area contributed by atoms with E-state index in [1.54, 1.807) is 0 Å². The van der Waals surface area contributed by atoms with Gasteiger partial charge in [0.1, 0.15) is 5.75 Å². The van der Waals surface area contributed by atoms with Crippen molar-refractivity contribution in [1.29, 1.82) is 0 Å². The Kier molecular flexibility index (Phi) is 2.70. The zero-order chi connectivity index (χ0) is 5.86. The Bertz CT molecular complexity index is 89.1. The van der Waals surface area contributed by atoms with Crippen LogP contribution in [0.4, 0.5) is 4.39 Å². The van der Waals surface area contributed by atoms with E-state index in [0.717, 1.165) is 0 Å². The summed E-state index contributed by atoms with van der Waals surface area (Å²) in [5, 5.41) is 0. The van der Waals surface area contributed by atoms with Crippen LogP contribution in [0.15, 0.2) is 0 Å². The third-order valence-corrected chi connectivity index (χ3v) is 0.711.